The van der Waals surface area contributed by atoms with E-state index in [0.29, 0.717) is 21.3 Å². The predicted molar refractivity (Wildman–Crippen MR) is 129 cm³/mol. The van der Waals surface area contributed by atoms with E-state index in [1.807, 2.05) is 60.6 Å². The van der Waals surface area contributed by atoms with Gasteiger partial charge in [-0.05, 0) is 0 Å². The van der Waals surface area contributed by atoms with Crippen LogP contribution >= 0.6 is 15.9 Å². The Labute approximate surface area is 202 Å². The second-order valence-electron chi connectivity index (χ2n) is 9.43. The third-order valence-electron chi connectivity index (χ3n) is 4.28. The molecule has 1 aromatic carbocycles. The third kappa shape index (κ3) is 5.12. The Morgan fingerprint density at radius 3 is 2.25 bits per heavy atom. The van der Waals surface area contributed by atoms with Crippen LogP contribution in [0.3, 0.4) is 0 Å². The van der Waals surface area contributed by atoms with Gasteiger partial charge in [-0.25, -0.2) is 0 Å². The molecule has 3 aromatic rings. The summed E-state index contributed by atoms with van der Waals surface area (Å²) in [4.78, 5) is 30.4. The number of carbonyl (C=O) groups excluding carboxylic acids is 2. The number of halogens is 1. The van der Waals surface area contributed by atoms with Crippen molar-refractivity contribution in [1.82, 2.24) is 9.55 Å². The molecule has 2 aromatic heterocycles. The van der Waals surface area contributed by atoms with Gasteiger partial charge in [-0.15, -0.1) is 0 Å². The second-order valence-corrected chi connectivity index (χ2v) is 12.5. The number of aromatic nitrogens is 2. The van der Waals surface area contributed by atoms with Crippen molar-refractivity contribution in [3.8, 4) is 5.75 Å². The molecule has 0 amide bonds. The molecule has 1 radical (unpaired) electrons. The van der Waals surface area contributed by atoms with Gasteiger partial charge >= 0.3 is 203 Å². The fourth-order valence-electron chi connectivity index (χ4n) is 3.26. The van der Waals surface area contributed by atoms with Crippen molar-refractivity contribution in [2.24, 2.45) is 0 Å². The number of carbonyl (C=O) groups is 2. The van der Waals surface area contributed by atoms with Crippen molar-refractivity contribution in [2.75, 3.05) is 7.11 Å². The molecule has 32 heavy (non-hydrogen) atoms. The van der Waals surface area contributed by atoms with Crippen LogP contribution in [-0.4, -0.2) is 54.5 Å². The van der Waals surface area contributed by atoms with Crippen LogP contribution in [0.2, 0.25) is 0 Å². The van der Waals surface area contributed by atoms with Gasteiger partial charge in [-0.3, -0.25) is 0 Å². The van der Waals surface area contributed by atoms with Gasteiger partial charge < -0.3 is 0 Å². The first-order valence-corrected chi connectivity index (χ1v) is 12.7. The second kappa shape index (κ2) is 8.71. The molecule has 0 fully saturated rings. The minimum atomic E-state index is -1.04. The van der Waals surface area contributed by atoms with Gasteiger partial charge in [0.15, 0.2) is 0 Å². The Hall–Kier alpha value is -2.05. The summed E-state index contributed by atoms with van der Waals surface area (Å²) in [6.45, 7) is 12.9. The summed E-state index contributed by atoms with van der Waals surface area (Å²) < 4.78 is 19.5. The summed E-state index contributed by atoms with van der Waals surface area (Å²) in [6, 6.07) is 3.84. The van der Waals surface area contributed by atoms with Crippen molar-refractivity contribution in [2.45, 2.75) is 59.7 Å². The van der Waals surface area contributed by atoms with Gasteiger partial charge in [0.2, 0.25) is 0 Å². The Kier molecular flexibility index (Phi) is 6.69. The quantitative estimate of drug-likeness (QED) is 0.400. The fourth-order valence-corrected chi connectivity index (χ4v) is 6.39. The number of hydrogen-bond acceptors (Lipinski definition) is 6. The fraction of sp³-hybridized carbons (Fsp3) is 0.435. The molecule has 0 N–H and O–H groups in total. The average molecular weight is 566 g/mol. The summed E-state index contributed by atoms with van der Waals surface area (Å²) in [5.74, 6) is 0.440. The Bertz CT molecular complexity index is 1220. The molecule has 0 bridgehead atoms. The minimum absolute atomic E-state index is 0.299. The van der Waals surface area contributed by atoms with Crippen LogP contribution in [-0.2, 0) is 9.47 Å². The molecule has 0 aliphatic rings. The average Bonchev–Trinajstić information content (AvgIpc) is 2.93. The molecule has 0 saturated heterocycles. The number of pyridine rings is 1. The monoisotopic (exact) mass is 565 g/mol. The van der Waals surface area contributed by atoms with Crippen molar-refractivity contribution >= 4 is 68.8 Å². The molecule has 9 heteroatoms. The maximum absolute atomic E-state index is 13.3. The summed E-state index contributed by atoms with van der Waals surface area (Å²) in [6.07, 6.45) is 1.14. The van der Waals surface area contributed by atoms with E-state index in [2.05, 4.69) is 20.9 Å². The van der Waals surface area contributed by atoms with E-state index in [1.54, 1.807) is 6.20 Å². The Morgan fingerprint density at radius 1 is 1.06 bits per heavy atom. The molecule has 7 nitrogen and oxygen atoms in total. The molecular weight excluding hydrogens is 539 g/mol. The first-order chi connectivity index (χ1) is 14.7. The van der Waals surface area contributed by atoms with E-state index in [0.717, 1.165) is 20.8 Å². The zero-order chi connectivity index (χ0) is 24.0. The van der Waals surface area contributed by atoms with E-state index < -0.39 is 33.0 Å². The number of benzene rings is 1. The molecule has 0 saturated carbocycles. The number of nitrogens with zero attached hydrogens (tertiary/aromatic N) is 2. The van der Waals surface area contributed by atoms with Crippen molar-refractivity contribution in [3.63, 3.8) is 0 Å². The predicted octanol–water partition coefficient (Wildman–Crippen LogP) is 5.32. The molecule has 0 aliphatic heterocycles. The van der Waals surface area contributed by atoms with E-state index >= 15 is 0 Å². The Balaban J connectivity index is 2.33. The molecule has 3 rings (SSSR count). The normalized spacial score (nSPS) is 12.7. The molecule has 0 spiro atoms. The van der Waals surface area contributed by atoms with Crippen LogP contribution in [0.25, 0.3) is 21.9 Å². The number of ether oxygens (including phenoxy) is 3. The van der Waals surface area contributed by atoms with Gasteiger partial charge in [-0.2, -0.15) is 0 Å². The summed E-state index contributed by atoms with van der Waals surface area (Å²) in [7, 11) is 1.53. The maximum atomic E-state index is 13.3. The standard InChI is InChI=1S/C23H27AsBrN2O5/c1-12-9-13-16-15(25)10-14(24-20(28)31-22(2,3)4)18(30-8)17(16)27(19(13)26-11-12)21(29)32-23(5,6)7/h9-11H,1-8H3. The number of rotatable bonds is 3. The van der Waals surface area contributed by atoms with Gasteiger partial charge in [-0.1, -0.05) is 0 Å². The van der Waals surface area contributed by atoms with E-state index in [9.17, 15) is 9.59 Å². The van der Waals surface area contributed by atoms with Crippen LogP contribution in [0, 0.1) is 6.92 Å². The van der Waals surface area contributed by atoms with Gasteiger partial charge in [0, 0.05) is 0 Å². The molecule has 0 atom stereocenters. The molecule has 0 unspecified atom stereocenters. The Morgan fingerprint density at radius 2 is 1.69 bits per heavy atom. The SMILES string of the molecule is COc1c([As]C(=O)OC(C)(C)C)cc(Br)c2c3cc(C)cnc3n(C(=O)OC(C)(C)C)c12. The van der Waals surface area contributed by atoms with Crippen LogP contribution < -0.4 is 9.09 Å². The van der Waals surface area contributed by atoms with E-state index in [4.69, 9.17) is 14.2 Å². The van der Waals surface area contributed by atoms with Crippen LogP contribution in [0.4, 0.5) is 9.59 Å². The van der Waals surface area contributed by atoms with Gasteiger partial charge in [0.25, 0.3) is 0 Å². The summed E-state index contributed by atoms with van der Waals surface area (Å²) in [5.41, 5.74) is 0.641. The first-order valence-electron chi connectivity index (χ1n) is 10.1. The van der Waals surface area contributed by atoms with Gasteiger partial charge in [0.1, 0.15) is 0 Å². The zero-order valence-electron chi connectivity index (χ0n) is 19.5. The molecule has 2 heterocycles. The first kappa shape index (κ1) is 24.6. The van der Waals surface area contributed by atoms with E-state index in [-0.39, 0.29) is 4.76 Å². The number of hydrogen-bond donors (Lipinski definition) is 0. The molecule has 0 aliphatic carbocycles. The van der Waals surface area contributed by atoms with E-state index in [1.165, 1.54) is 11.7 Å². The topological polar surface area (TPSA) is 79.7 Å². The zero-order valence-corrected chi connectivity index (χ0v) is 23.0. The van der Waals surface area contributed by atoms with Crippen molar-refractivity contribution < 1.29 is 23.8 Å². The number of aryl methyl sites for hydroxylation is 1. The van der Waals surface area contributed by atoms with Gasteiger partial charge in [0.05, 0.1) is 0 Å². The molecular formula is C23H27AsBrN2O5. The third-order valence-corrected chi connectivity index (χ3v) is 6.68. The molecule has 171 valence electrons. The number of methoxy groups -OCH3 is 1. The number of fused-ring (bicyclic) bond motifs is 3. The van der Waals surface area contributed by atoms with Crippen molar-refractivity contribution in [1.29, 1.82) is 0 Å². The van der Waals surface area contributed by atoms with Crippen LogP contribution in [0.1, 0.15) is 47.1 Å². The van der Waals surface area contributed by atoms with Crippen LogP contribution in [0.5, 0.6) is 5.75 Å². The van der Waals surface area contributed by atoms with Crippen LogP contribution in [0.15, 0.2) is 22.8 Å². The summed E-state index contributed by atoms with van der Waals surface area (Å²) in [5, 5.41) is 1.56. The van der Waals surface area contributed by atoms with Crippen molar-refractivity contribution in [3.05, 3.63) is 28.4 Å². The summed E-state index contributed by atoms with van der Waals surface area (Å²) >= 11 is 2.60.